The summed E-state index contributed by atoms with van der Waals surface area (Å²) in [5.74, 6) is -0.344. The molecular weight excluding hydrogens is 324 g/mol. The predicted octanol–water partition coefficient (Wildman–Crippen LogP) is 4.23. The number of fused-ring (bicyclic) bond motifs is 1. The Balaban J connectivity index is 1.87. The average Bonchev–Trinajstić information content (AvgIpc) is 3.34. The summed E-state index contributed by atoms with van der Waals surface area (Å²) in [6.45, 7) is 6.99. The highest BCUT2D eigenvalue weighted by Crippen LogP contribution is 2.52. The number of hydrogen-bond acceptors (Lipinski definition) is 2. The zero-order valence-electron chi connectivity index (χ0n) is 15.5. The molecular formula is C22H28O2Si. The summed E-state index contributed by atoms with van der Waals surface area (Å²) in [4.78, 5) is 0. The standard InChI is InChI=1S/C22H28O2Si/c1-21(2,3)25(18-12-6-4-7-13-18,19-14-8-5-9-15-19)24-22-17-11-10-16-20(22)23-22/h4-9,12-15,20H,10-11,16-17H2,1-3H3/t20-,22-/m1/s1. The molecule has 2 aromatic carbocycles. The third kappa shape index (κ3) is 2.79. The lowest BCUT2D eigenvalue weighted by atomic mass is 9.98. The number of ether oxygens (including phenoxy) is 1. The highest BCUT2D eigenvalue weighted by Gasteiger charge is 2.65. The van der Waals surface area contributed by atoms with Gasteiger partial charge in [0.2, 0.25) is 0 Å². The Morgan fingerprint density at radius 2 is 1.48 bits per heavy atom. The van der Waals surface area contributed by atoms with Crippen LogP contribution in [0.4, 0.5) is 0 Å². The fourth-order valence-electron chi connectivity index (χ4n) is 4.46. The smallest absolute Gasteiger partial charge is 0.264 e. The Kier molecular flexibility index (Phi) is 4.14. The predicted molar refractivity (Wildman–Crippen MR) is 105 cm³/mol. The van der Waals surface area contributed by atoms with E-state index >= 15 is 0 Å². The molecule has 1 aliphatic carbocycles. The van der Waals surface area contributed by atoms with Crippen molar-refractivity contribution in [3.8, 4) is 0 Å². The van der Waals surface area contributed by atoms with Crippen LogP contribution in [0.5, 0.6) is 0 Å². The van der Waals surface area contributed by atoms with E-state index in [1.54, 1.807) is 0 Å². The fraction of sp³-hybridized carbons (Fsp3) is 0.455. The minimum atomic E-state index is -2.49. The van der Waals surface area contributed by atoms with Gasteiger partial charge in [0, 0.05) is 6.42 Å². The van der Waals surface area contributed by atoms with Gasteiger partial charge in [-0.25, -0.2) is 0 Å². The minimum Gasteiger partial charge on any atom is -0.378 e. The summed E-state index contributed by atoms with van der Waals surface area (Å²) in [6, 6.07) is 21.7. The van der Waals surface area contributed by atoms with E-state index in [1.807, 2.05) is 0 Å². The second kappa shape index (κ2) is 6.08. The Hall–Kier alpha value is -1.42. The van der Waals surface area contributed by atoms with Crippen molar-refractivity contribution in [3.63, 3.8) is 0 Å². The highest BCUT2D eigenvalue weighted by molar-refractivity contribution is 6.99. The first-order valence-electron chi connectivity index (χ1n) is 9.47. The molecule has 4 rings (SSSR count). The van der Waals surface area contributed by atoms with Crippen molar-refractivity contribution in [1.29, 1.82) is 0 Å². The van der Waals surface area contributed by atoms with Crippen LogP contribution >= 0.6 is 0 Å². The molecule has 0 aromatic heterocycles. The van der Waals surface area contributed by atoms with Crippen LogP contribution in [-0.4, -0.2) is 20.2 Å². The third-order valence-corrected chi connectivity index (χ3v) is 10.8. The normalized spacial score (nSPS) is 26.1. The lowest BCUT2D eigenvalue weighted by molar-refractivity contribution is 0.0404. The summed E-state index contributed by atoms with van der Waals surface area (Å²) < 4.78 is 13.4. The van der Waals surface area contributed by atoms with Crippen molar-refractivity contribution >= 4 is 18.7 Å². The van der Waals surface area contributed by atoms with E-state index in [0.29, 0.717) is 6.10 Å². The molecule has 1 aliphatic heterocycles. The van der Waals surface area contributed by atoms with E-state index in [9.17, 15) is 0 Å². The van der Waals surface area contributed by atoms with Crippen molar-refractivity contribution in [2.24, 2.45) is 0 Å². The first-order chi connectivity index (χ1) is 12.0. The molecule has 132 valence electrons. The van der Waals surface area contributed by atoms with E-state index in [2.05, 4.69) is 81.4 Å². The largest absolute Gasteiger partial charge is 0.378 e. The molecule has 2 aliphatic rings. The van der Waals surface area contributed by atoms with Crippen LogP contribution in [0.1, 0.15) is 46.5 Å². The molecule has 0 N–H and O–H groups in total. The van der Waals surface area contributed by atoms with Crippen molar-refractivity contribution in [2.45, 2.75) is 63.4 Å². The summed E-state index contributed by atoms with van der Waals surface area (Å²) in [6.07, 6.45) is 4.92. The van der Waals surface area contributed by atoms with E-state index in [1.165, 1.54) is 23.2 Å². The topological polar surface area (TPSA) is 21.8 Å². The first kappa shape index (κ1) is 17.0. The zero-order chi connectivity index (χ0) is 17.5. The van der Waals surface area contributed by atoms with E-state index in [0.717, 1.165) is 12.8 Å². The molecule has 25 heavy (non-hydrogen) atoms. The van der Waals surface area contributed by atoms with Gasteiger partial charge in [-0.3, -0.25) is 0 Å². The summed E-state index contributed by atoms with van der Waals surface area (Å²) >= 11 is 0. The molecule has 2 atom stereocenters. The van der Waals surface area contributed by atoms with Crippen molar-refractivity contribution in [3.05, 3.63) is 60.7 Å². The highest BCUT2D eigenvalue weighted by atomic mass is 28.4. The van der Waals surface area contributed by atoms with Gasteiger partial charge >= 0.3 is 0 Å². The van der Waals surface area contributed by atoms with Crippen LogP contribution in [0.3, 0.4) is 0 Å². The van der Waals surface area contributed by atoms with E-state index < -0.39 is 8.32 Å². The molecule has 1 saturated carbocycles. The van der Waals surface area contributed by atoms with Crippen LogP contribution < -0.4 is 10.4 Å². The molecule has 0 bridgehead atoms. The van der Waals surface area contributed by atoms with Gasteiger partial charge in [-0.1, -0.05) is 87.9 Å². The SMILES string of the molecule is CC(C)(C)[Si](O[C@]12CCCC[C@H]1O2)(c1ccccc1)c1ccccc1. The summed E-state index contributed by atoms with van der Waals surface area (Å²) in [7, 11) is -2.49. The lowest BCUT2D eigenvalue weighted by Crippen LogP contribution is -2.68. The molecule has 2 fully saturated rings. The van der Waals surface area contributed by atoms with E-state index in [4.69, 9.17) is 9.16 Å². The van der Waals surface area contributed by atoms with Crippen LogP contribution in [0.2, 0.25) is 5.04 Å². The number of epoxide rings is 1. The second-order valence-electron chi connectivity index (χ2n) is 8.43. The first-order valence-corrected chi connectivity index (χ1v) is 11.4. The number of rotatable bonds is 4. The maximum atomic E-state index is 7.19. The van der Waals surface area contributed by atoms with Gasteiger partial charge in [-0.2, -0.15) is 0 Å². The van der Waals surface area contributed by atoms with Gasteiger partial charge in [0.1, 0.15) is 6.10 Å². The Morgan fingerprint density at radius 3 is 1.96 bits per heavy atom. The van der Waals surface area contributed by atoms with Crippen LogP contribution in [0.25, 0.3) is 0 Å². The maximum absolute atomic E-state index is 7.19. The Labute approximate surface area is 152 Å². The maximum Gasteiger partial charge on any atom is 0.264 e. The summed E-state index contributed by atoms with van der Waals surface area (Å²) in [5.41, 5.74) is 0. The van der Waals surface area contributed by atoms with E-state index in [-0.39, 0.29) is 10.8 Å². The van der Waals surface area contributed by atoms with Gasteiger partial charge in [0.05, 0.1) is 0 Å². The fourth-order valence-corrected chi connectivity index (χ4v) is 9.19. The lowest BCUT2D eigenvalue weighted by Gasteiger charge is -2.45. The molecule has 2 nitrogen and oxygen atoms in total. The van der Waals surface area contributed by atoms with Gasteiger partial charge in [-0.15, -0.1) is 0 Å². The van der Waals surface area contributed by atoms with Gasteiger partial charge in [-0.05, 0) is 28.3 Å². The number of benzene rings is 2. The molecule has 0 unspecified atom stereocenters. The molecule has 0 spiro atoms. The van der Waals surface area contributed by atoms with Gasteiger partial charge < -0.3 is 9.16 Å². The quantitative estimate of drug-likeness (QED) is 0.607. The van der Waals surface area contributed by atoms with Crippen LogP contribution in [0, 0.1) is 0 Å². The Bertz CT molecular complexity index is 683. The molecule has 0 radical (unpaired) electrons. The third-order valence-electron chi connectivity index (χ3n) is 5.76. The van der Waals surface area contributed by atoms with Crippen molar-refractivity contribution in [2.75, 3.05) is 0 Å². The molecule has 0 amide bonds. The summed E-state index contributed by atoms with van der Waals surface area (Å²) in [5, 5.41) is 2.68. The molecule has 1 saturated heterocycles. The van der Waals surface area contributed by atoms with Crippen LogP contribution in [-0.2, 0) is 9.16 Å². The van der Waals surface area contributed by atoms with Crippen molar-refractivity contribution < 1.29 is 9.16 Å². The van der Waals surface area contributed by atoms with Gasteiger partial charge in [0.15, 0.2) is 5.79 Å². The van der Waals surface area contributed by atoms with Gasteiger partial charge in [0.25, 0.3) is 8.32 Å². The average molecular weight is 353 g/mol. The monoisotopic (exact) mass is 352 g/mol. The molecule has 2 aromatic rings. The van der Waals surface area contributed by atoms with Crippen LogP contribution in [0.15, 0.2) is 60.7 Å². The van der Waals surface area contributed by atoms with Crippen molar-refractivity contribution in [1.82, 2.24) is 0 Å². The zero-order valence-corrected chi connectivity index (χ0v) is 16.5. The number of hydrogen-bond donors (Lipinski definition) is 0. The second-order valence-corrected chi connectivity index (χ2v) is 12.7. The molecule has 1 heterocycles. The minimum absolute atomic E-state index is 0.0123. The molecule has 3 heteroatoms. The Morgan fingerprint density at radius 1 is 0.920 bits per heavy atom.